The van der Waals surface area contributed by atoms with Gasteiger partial charge in [0.25, 0.3) is 11.8 Å². The predicted octanol–water partition coefficient (Wildman–Crippen LogP) is 9.11. The Morgan fingerprint density at radius 2 is 1.14 bits per heavy atom. The highest BCUT2D eigenvalue weighted by molar-refractivity contribution is 7.81. The number of likely N-dealkylation sites (tertiary alicyclic amines) is 1. The molecule has 0 aliphatic carbocycles. The second-order valence-corrected chi connectivity index (χ2v) is 17.5. The van der Waals surface area contributed by atoms with Gasteiger partial charge >= 0.3 is 5.97 Å². The highest BCUT2D eigenvalue weighted by atomic mass is 32.1. The van der Waals surface area contributed by atoms with Crippen LogP contribution >= 0.6 is 24.4 Å². The lowest BCUT2D eigenvalue weighted by Gasteiger charge is -2.29. The Morgan fingerprint density at radius 1 is 0.677 bits per heavy atom. The predicted molar refractivity (Wildman–Crippen MR) is 254 cm³/mol. The van der Waals surface area contributed by atoms with Gasteiger partial charge in [-0.1, -0.05) is 24.3 Å². The average Bonchev–Trinajstić information content (AvgIpc) is 3.99. The lowest BCUT2D eigenvalue weighted by atomic mass is 10.0. The molecule has 65 heavy (non-hydrogen) atoms. The van der Waals surface area contributed by atoms with Crippen LogP contribution in [0.1, 0.15) is 75.6 Å². The van der Waals surface area contributed by atoms with Gasteiger partial charge in [0, 0.05) is 66.4 Å². The van der Waals surface area contributed by atoms with Gasteiger partial charge in [-0.2, -0.15) is 0 Å². The van der Waals surface area contributed by atoms with Crippen LogP contribution in [0.15, 0.2) is 72.8 Å². The summed E-state index contributed by atoms with van der Waals surface area (Å²) in [6, 6.07) is 19.7. The van der Waals surface area contributed by atoms with Crippen LogP contribution in [0.25, 0.3) is 9.69 Å². The maximum Gasteiger partial charge on any atom is 0.305 e. The molecular weight excluding hydrogens is 871 g/mol. The second kappa shape index (κ2) is 19.2. The van der Waals surface area contributed by atoms with Crippen LogP contribution in [0, 0.1) is 38.6 Å². The first-order chi connectivity index (χ1) is 30.8. The number of nitrogens with two attached hydrogens (primary N) is 1. The van der Waals surface area contributed by atoms with Crippen molar-refractivity contribution in [2.75, 3.05) is 32.8 Å². The van der Waals surface area contributed by atoms with Crippen molar-refractivity contribution in [3.63, 3.8) is 0 Å². The number of halogens is 2. The molecule has 0 aromatic heterocycles. The van der Waals surface area contributed by atoms with Crippen molar-refractivity contribution in [3.8, 4) is 0 Å². The number of thiocarbonyl (C=S) groups is 2. The van der Waals surface area contributed by atoms with E-state index in [-0.39, 0.29) is 47.0 Å². The second-order valence-electron chi connectivity index (χ2n) is 16.8. The van der Waals surface area contributed by atoms with E-state index in [1.54, 1.807) is 103 Å². The molecule has 0 saturated carbocycles. The summed E-state index contributed by atoms with van der Waals surface area (Å²) >= 11 is 11.2. The van der Waals surface area contributed by atoms with Crippen molar-refractivity contribution < 1.29 is 32.7 Å². The zero-order chi connectivity index (χ0) is 47.5. The van der Waals surface area contributed by atoms with Crippen molar-refractivity contribution in [2.45, 2.75) is 91.4 Å². The Kier molecular flexibility index (Phi) is 14.1. The van der Waals surface area contributed by atoms with E-state index in [2.05, 4.69) is 14.4 Å². The topological polar surface area (TPSA) is 128 Å². The van der Waals surface area contributed by atoms with Gasteiger partial charge in [0.15, 0.2) is 21.6 Å². The number of rotatable bonds is 7. The molecule has 4 aromatic rings. The molecule has 4 aromatic carbocycles. The van der Waals surface area contributed by atoms with E-state index >= 15 is 0 Å². The first-order valence-electron chi connectivity index (χ1n) is 20.8. The van der Waals surface area contributed by atoms with Gasteiger partial charge in [-0.15, -0.1) is 0 Å². The summed E-state index contributed by atoms with van der Waals surface area (Å²) in [6.45, 7) is 26.6. The Balaban J connectivity index is 0.000000193. The lowest BCUT2D eigenvalue weighted by molar-refractivity contribution is -0.138. The van der Waals surface area contributed by atoms with E-state index in [1.807, 2.05) is 13.8 Å². The molecule has 13 nitrogen and oxygen atoms in total. The number of aryl methyl sites for hydroxylation is 2. The van der Waals surface area contributed by atoms with Gasteiger partial charge in [0.05, 0.1) is 19.8 Å². The molecule has 8 rings (SSSR count). The minimum atomic E-state index is -1.03. The number of benzene rings is 4. The Labute approximate surface area is 388 Å². The number of ether oxygens (including phenoxy) is 1. The highest BCUT2D eigenvalue weighted by Crippen LogP contribution is 2.40. The molecule has 0 spiro atoms. The molecule has 0 unspecified atom stereocenters. The third-order valence-corrected chi connectivity index (χ3v) is 12.3. The maximum atomic E-state index is 15.0. The minimum absolute atomic E-state index is 0.0381. The molecule has 4 aliphatic rings. The van der Waals surface area contributed by atoms with E-state index in [4.69, 9.17) is 43.3 Å². The number of anilines is 4. The van der Waals surface area contributed by atoms with Gasteiger partial charge in [0.2, 0.25) is 5.91 Å². The van der Waals surface area contributed by atoms with Gasteiger partial charge in [-0.3, -0.25) is 29.0 Å². The van der Waals surface area contributed by atoms with Crippen LogP contribution in [0.3, 0.4) is 0 Å². The summed E-state index contributed by atoms with van der Waals surface area (Å²) in [7, 11) is 0. The molecule has 4 aliphatic heterocycles. The summed E-state index contributed by atoms with van der Waals surface area (Å²) < 4.78 is 33.8. The van der Waals surface area contributed by atoms with E-state index in [0.717, 1.165) is 24.0 Å². The van der Waals surface area contributed by atoms with Crippen molar-refractivity contribution >= 4 is 92.5 Å². The van der Waals surface area contributed by atoms with Crippen molar-refractivity contribution in [1.82, 2.24) is 4.90 Å². The average molecular weight is 919 g/mol. The maximum absolute atomic E-state index is 15.0. The molecular formula is C48H48F2N8O5S2. The molecule has 17 heteroatoms. The quantitative estimate of drug-likeness (QED) is 0.109. The highest BCUT2D eigenvalue weighted by Gasteiger charge is 2.51. The lowest BCUT2D eigenvalue weighted by Crippen LogP contribution is -2.44. The van der Waals surface area contributed by atoms with Gasteiger partial charge < -0.3 is 25.2 Å². The van der Waals surface area contributed by atoms with Crippen LogP contribution < -0.4 is 25.3 Å². The van der Waals surface area contributed by atoms with E-state index in [0.29, 0.717) is 71.2 Å². The summed E-state index contributed by atoms with van der Waals surface area (Å²) in [4.78, 5) is 63.1. The monoisotopic (exact) mass is 918 g/mol. The van der Waals surface area contributed by atoms with Crippen molar-refractivity contribution in [1.29, 1.82) is 0 Å². The Morgan fingerprint density at radius 3 is 1.48 bits per heavy atom. The molecule has 0 atom stereocenters. The van der Waals surface area contributed by atoms with E-state index < -0.39 is 22.7 Å². The number of cyclic esters (lactones) is 1. The third-order valence-electron chi connectivity index (χ3n) is 11.6. The first kappa shape index (κ1) is 47.8. The Bertz CT molecular complexity index is 2700. The van der Waals surface area contributed by atoms with Crippen LogP contribution in [0.5, 0.6) is 0 Å². The molecule has 4 heterocycles. The van der Waals surface area contributed by atoms with Crippen molar-refractivity contribution in [2.24, 2.45) is 5.73 Å². The Hall–Kier alpha value is -6.66. The van der Waals surface area contributed by atoms with Gasteiger partial charge in [-0.25, -0.2) is 18.5 Å². The number of carbonyl (C=O) groups is 4. The number of hydrogen-bond donors (Lipinski definition) is 1. The summed E-state index contributed by atoms with van der Waals surface area (Å²) in [5.74, 6) is -1.33. The summed E-state index contributed by atoms with van der Waals surface area (Å²) in [6.07, 6.45) is 2.84. The number of carbonyl (C=O) groups excluding carboxylic acids is 4. The van der Waals surface area contributed by atoms with Gasteiger partial charge in [-0.05, 0) is 138 Å². The third kappa shape index (κ3) is 9.45. The summed E-state index contributed by atoms with van der Waals surface area (Å²) in [5, 5.41) is 0.511. The fraction of sp³-hybridized carbons (Fsp3) is 0.333. The van der Waals surface area contributed by atoms with E-state index in [9.17, 15) is 28.0 Å². The smallest absolute Gasteiger partial charge is 0.305 e. The molecule has 4 saturated heterocycles. The van der Waals surface area contributed by atoms with Gasteiger partial charge in [0.1, 0.15) is 22.7 Å². The fourth-order valence-corrected chi connectivity index (χ4v) is 8.96. The minimum Gasteiger partial charge on any atom is -0.466 e. The largest absolute Gasteiger partial charge is 0.466 e. The normalized spacial score (nSPS) is 17.4. The number of hydrogen-bond acceptors (Lipinski definition) is 8. The standard InChI is InChI=1S/C24H23FN4O2S.C20H19FN4OS.C4H6O2/c1-15-12-17(9-10-20(15)26-4)28-22(31)24(2,3)29(23(28)32)18-8-7-16(19(25)13-18)14-27-11-5-6-21(27)30;1-12-9-14(7-8-17(12)23-4)24-18(26)20(2,3)25(19(24)27)15-6-5-13(11-22)16(21)10-15;5-4-2-1-3-6-4/h7-10,12-13H,5-6,11,14H2,1-3H3;5-10H,11,22H2,1-3H3;1-3H2. The number of nitrogens with zero attached hydrogens (tertiary/aromatic N) is 7. The number of amides is 3. The molecule has 0 bridgehead atoms. The fourth-order valence-electron chi connectivity index (χ4n) is 7.92. The molecule has 0 radical (unpaired) electrons. The zero-order valence-electron chi connectivity index (χ0n) is 36.9. The molecule has 2 N–H and O–H groups in total. The SMILES string of the molecule is O=C1CCCO1.[C-]#[N+]c1ccc(N2C(=O)C(C)(C)N(c3ccc(CN)c(F)c3)C2=S)cc1C.[C-]#[N+]c1ccc(N2C(=O)C(C)(C)N(c3ccc(CN4CCCC4=O)c(F)c3)C2=S)cc1C. The zero-order valence-corrected chi connectivity index (χ0v) is 38.5. The molecule has 4 fully saturated rings. The van der Waals surface area contributed by atoms with Crippen LogP contribution in [-0.4, -0.2) is 63.0 Å². The first-order valence-corrected chi connectivity index (χ1v) is 21.6. The van der Waals surface area contributed by atoms with Crippen LogP contribution in [0.2, 0.25) is 0 Å². The van der Waals surface area contributed by atoms with E-state index in [1.165, 1.54) is 21.9 Å². The van der Waals surface area contributed by atoms with Crippen LogP contribution in [-0.2, 0) is 37.0 Å². The van der Waals surface area contributed by atoms with Crippen molar-refractivity contribution in [3.05, 3.63) is 130 Å². The molecule has 336 valence electrons. The summed E-state index contributed by atoms with van der Waals surface area (Å²) in [5.41, 5.74) is 9.01. The molecule has 3 amide bonds. The van der Waals surface area contributed by atoms with Crippen LogP contribution in [0.4, 0.5) is 42.9 Å². The number of esters is 1.